The molecule has 5 nitrogen and oxygen atoms in total. The SMILES string of the molecule is NCCCCCC(=O)N1CCc2cc(C(=O)O)ccc21. The normalized spacial score (nSPS) is 13.3. The second-order valence-electron chi connectivity index (χ2n) is 5.04. The number of carboxylic acids is 1. The van der Waals surface area contributed by atoms with Gasteiger partial charge >= 0.3 is 5.97 Å². The molecular weight excluding hydrogens is 256 g/mol. The van der Waals surface area contributed by atoms with Crippen LogP contribution in [0.15, 0.2) is 18.2 Å². The number of aromatic carboxylic acids is 1. The molecule has 0 bridgehead atoms. The number of hydrogen-bond acceptors (Lipinski definition) is 3. The van der Waals surface area contributed by atoms with Crippen LogP contribution in [0.25, 0.3) is 0 Å². The largest absolute Gasteiger partial charge is 0.478 e. The second kappa shape index (κ2) is 6.52. The third-order valence-electron chi connectivity index (χ3n) is 3.62. The van der Waals surface area contributed by atoms with Gasteiger partial charge in [0.15, 0.2) is 0 Å². The van der Waals surface area contributed by atoms with Gasteiger partial charge < -0.3 is 15.7 Å². The summed E-state index contributed by atoms with van der Waals surface area (Å²) in [6.07, 6.45) is 4.03. The summed E-state index contributed by atoms with van der Waals surface area (Å²) < 4.78 is 0. The number of anilines is 1. The summed E-state index contributed by atoms with van der Waals surface area (Å²) in [5.74, 6) is -0.816. The molecule has 3 N–H and O–H groups in total. The van der Waals surface area contributed by atoms with Crippen LogP contribution in [0.3, 0.4) is 0 Å². The molecular formula is C15H20N2O3. The Hall–Kier alpha value is -1.88. The van der Waals surface area contributed by atoms with Crippen molar-refractivity contribution in [2.45, 2.75) is 32.1 Å². The van der Waals surface area contributed by atoms with Crippen molar-refractivity contribution in [3.63, 3.8) is 0 Å². The predicted octanol–water partition coefficient (Wildman–Crippen LogP) is 1.79. The highest BCUT2D eigenvalue weighted by atomic mass is 16.4. The molecule has 0 saturated carbocycles. The molecule has 1 aliphatic heterocycles. The number of carbonyl (C=O) groups is 2. The van der Waals surface area contributed by atoms with Gasteiger partial charge in [0.1, 0.15) is 0 Å². The van der Waals surface area contributed by atoms with E-state index < -0.39 is 5.97 Å². The third-order valence-corrected chi connectivity index (χ3v) is 3.62. The minimum Gasteiger partial charge on any atom is -0.478 e. The van der Waals surface area contributed by atoms with Crippen LogP contribution >= 0.6 is 0 Å². The van der Waals surface area contributed by atoms with Gasteiger partial charge in [0, 0.05) is 18.7 Å². The Morgan fingerprint density at radius 3 is 2.75 bits per heavy atom. The van der Waals surface area contributed by atoms with E-state index in [-0.39, 0.29) is 11.5 Å². The molecule has 108 valence electrons. The number of benzene rings is 1. The minimum absolute atomic E-state index is 0.115. The summed E-state index contributed by atoms with van der Waals surface area (Å²) in [6, 6.07) is 4.96. The fourth-order valence-electron chi connectivity index (χ4n) is 2.53. The average Bonchev–Trinajstić information content (AvgIpc) is 2.86. The summed E-state index contributed by atoms with van der Waals surface area (Å²) in [5.41, 5.74) is 7.51. The van der Waals surface area contributed by atoms with Crippen LogP contribution in [0.2, 0.25) is 0 Å². The molecule has 0 radical (unpaired) electrons. The first-order valence-corrected chi connectivity index (χ1v) is 7.00. The first kappa shape index (κ1) is 14.5. The number of nitrogens with zero attached hydrogens (tertiary/aromatic N) is 1. The van der Waals surface area contributed by atoms with Crippen molar-refractivity contribution in [2.24, 2.45) is 5.73 Å². The molecule has 0 fully saturated rings. The van der Waals surface area contributed by atoms with E-state index in [4.69, 9.17) is 10.8 Å². The molecule has 1 amide bonds. The second-order valence-corrected chi connectivity index (χ2v) is 5.04. The van der Waals surface area contributed by atoms with Gasteiger partial charge in [0.25, 0.3) is 0 Å². The molecule has 1 aromatic carbocycles. The lowest BCUT2D eigenvalue weighted by Gasteiger charge is -2.17. The smallest absolute Gasteiger partial charge is 0.335 e. The third kappa shape index (κ3) is 3.17. The first-order valence-electron chi connectivity index (χ1n) is 7.00. The van der Waals surface area contributed by atoms with Crippen molar-refractivity contribution in [1.82, 2.24) is 0 Å². The highest BCUT2D eigenvalue weighted by Gasteiger charge is 2.24. The molecule has 5 heteroatoms. The number of amides is 1. The van der Waals surface area contributed by atoms with E-state index in [1.165, 1.54) is 0 Å². The quantitative estimate of drug-likeness (QED) is 0.776. The molecule has 2 rings (SSSR count). The van der Waals surface area contributed by atoms with E-state index >= 15 is 0 Å². The van der Waals surface area contributed by atoms with Crippen molar-refractivity contribution in [3.8, 4) is 0 Å². The number of unbranched alkanes of at least 4 members (excludes halogenated alkanes) is 2. The zero-order valence-corrected chi connectivity index (χ0v) is 11.5. The number of carboxylic acid groups (broad SMARTS) is 1. The highest BCUT2D eigenvalue weighted by Crippen LogP contribution is 2.29. The van der Waals surface area contributed by atoms with E-state index in [0.717, 1.165) is 36.9 Å². The van der Waals surface area contributed by atoms with Crippen LogP contribution < -0.4 is 10.6 Å². The molecule has 0 aliphatic carbocycles. The number of carbonyl (C=O) groups excluding carboxylic acids is 1. The van der Waals surface area contributed by atoms with Gasteiger partial charge in [-0.05, 0) is 49.6 Å². The van der Waals surface area contributed by atoms with Crippen LogP contribution in [0.1, 0.15) is 41.6 Å². The monoisotopic (exact) mass is 276 g/mol. The molecule has 0 aromatic heterocycles. The molecule has 0 spiro atoms. The van der Waals surface area contributed by atoms with Gasteiger partial charge in [-0.2, -0.15) is 0 Å². The van der Waals surface area contributed by atoms with Gasteiger partial charge in [-0.3, -0.25) is 4.79 Å². The van der Waals surface area contributed by atoms with Crippen molar-refractivity contribution >= 4 is 17.6 Å². The summed E-state index contributed by atoms with van der Waals surface area (Å²) in [4.78, 5) is 24.9. The Labute approximate surface area is 118 Å². The van der Waals surface area contributed by atoms with Crippen molar-refractivity contribution in [1.29, 1.82) is 0 Å². The van der Waals surface area contributed by atoms with Gasteiger partial charge in [0.2, 0.25) is 5.91 Å². The molecule has 1 aliphatic rings. The molecule has 1 aromatic rings. The Morgan fingerprint density at radius 2 is 2.05 bits per heavy atom. The lowest BCUT2D eigenvalue weighted by atomic mass is 10.1. The van der Waals surface area contributed by atoms with Crippen LogP contribution in [0, 0.1) is 0 Å². The van der Waals surface area contributed by atoms with E-state index in [2.05, 4.69) is 0 Å². The fourth-order valence-corrected chi connectivity index (χ4v) is 2.53. The maximum absolute atomic E-state index is 12.2. The maximum atomic E-state index is 12.2. The molecule has 0 atom stereocenters. The van der Waals surface area contributed by atoms with Crippen LogP contribution in [-0.2, 0) is 11.2 Å². The van der Waals surface area contributed by atoms with Crippen molar-refractivity contribution in [2.75, 3.05) is 18.0 Å². The van der Waals surface area contributed by atoms with Crippen LogP contribution in [0.4, 0.5) is 5.69 Å². The average molecular weight is 276 g/mol. The molecule has 0 unspecified atom stereocenters. The summed E-state index contributed by atoms with van der Waals surface area (Å²) in [5, 5.41) is 8.97. The Bertz CT molecular complexity index is 514. The molecule has 0 saturated heterocycles. The number of rotatable bonds is 6. The number of hydrogen-bond donors (Lipinski definition) is 2. The van der Waals surface area contributed by atoms with E-state index in [1.807, 2.05) is 0 Å². The van der Waals surface area contributed by atoms with Crippen LogP contribution in [0.5, 0.6) is 0 Å². The van der Waals surface area contributed by atoms with E-state index in [9.17, 15) is 9.59 Å². The standard InChI is InChI=1S/C15H20N2O3/c16-8-3-1-2-4-14(18)17-9-7-11-10-12(15(19)20)5-6-13(11)17/h5-6,10H,1-4,7-9,16H2,(H,19,20). The summed E-state index contributed by atoms with van der Waals surface area (Å²) >= 11 is 0. The first-order chi connectivity index (χ1) is 9.63. The van der Waals surface area contributed by atoms with Crippen LogP contribution in [-0.4, -0.2) is 30.1 Å². The highest BCUT2D eigenvalue weighted by molar-refractivity contribution is 5.96. The van der Waals surface area contributed by atoms with Crippen molar-refractivity contribution < 1.29 is 14.7 Å². The lowest BCUT2D eigenvalue weighted by molar-refractivity contribution is -0.118. The predicted molar refractivity (Wildman–Crippen MR) is 77.0 cm³/mol. The minimum atomic E-state index is -0.931. The number of fused-ring (bicyclic) bond motifs is 1. The lowest BCUT2D eigenvalue weighted by Crippen LogP contribution is -2.28. The zero-order valence-electron chi connectivity index (χ0n) is 11.5. The Kier molecular flexibility index (Phi) is 4.74. The summed E-state index contributed by atoms with van der Waals surface area (Å²) in [6.45, 7) is 1.31. The topological polar surface area (TPSA) is 83.6 Å². The zero-order chi connectivity index (χ0) is 14.5. The van der Waals surface area contributed by atoms with Gasteiger partial charge in [-0.15, -0.1) is 0 Å². The molecule has 20 heavy (non-hydrogen) atoms. The Balaban J connectivity index is 2.00. The van der Waals surface area contributed by atoms with Gasteiger partial charge in [-0.25, -0.2) is 4.79 Å². The van der Waals surface area contributed by atoms with Crippen molar-refractivity contribution in [3.05, 3.63) is 29.3 Å². The molecule has 1 heterocycles. The summed E-state index contributed by atoms with van der Waals surface area (Å²) in [7, 11) is 0. The van der Waals surface area contributed by atoms with Gasteiger partial charge in [0.05, 0.1) is 5.56 Å². The van der Waals surface area contributed by atoms with E-state index in [0.29, 0.717) is 19.5 Å². The maximum Gasteiger partial charge on any atom is 0.335 e. The number of nitrogens with two attached hydrogens (primary N) is 1. The fraction of sp³-hybridized carbons (Fsp3) is 0.467. The van der Waals surface area contributed by atoms with Gasteiger partial charge in [-0.1, -0.05) is 6.42 Å². The van der Waals surface area contributed by atoms with E-state index in [1.54, 1.807) is 23.1 Å². The Morgan fingerprint density at radius 1 is 1.25 bits per heavy atom.